The van der Waals surface area contributed by atoms with E-state index in [0.29, 0.717) is 0 Å². The maximum absolute atomic E-state index is 8.47. The average molecular weight is 105 g/mol. The summed E-state index contributed by atoms with van der Waals surface area (Å²) in [6.07, 6.45) is 1.02. The second-order valence-corrected chi connectivity index (χ2v) is 3.07. The van der Waals surface area contributed by atoms with Crippen LogP contribution in [0.25, 0.3) is 0 Å². The molecule has 2 nitrogen and oxygen atoms in total. The maximum Gasteiger partial charge on any atom is 0.246 e. The Morgan fingerprint density at radius 3 is 2.33 bits per heavy atom. The molecule has 1 atom stereocenters. The quantitative estimate of drug-likeness (QED) is 0.468. The number of nitrogens with two attached hydrogens (primary N) is 1. The first-order valence-corrected chi connectivity index (χ1v) is 4.21. The number of rotatable bonds is 2. The molecule has 3 heteroatoms. The Kier molecular flexibility index (Phi) is 3.41. The highest BCUT2D eigenvalue weighted by Crippen LogP contribution is 1.84. The topological polar surface area (TPSA) is 46.2 Å². The SMILES string of the molecule is CCC[SiH](N)O. The van der Waals surface area contributed by atoms with Crippen molar-refractivity contribution in [3.63, 3.8) is 0 Å². The highest BCUT2D eigenvalue weighted by atomic mass is 28.3. The third kappa shape index (κ3) is 4.14. The van der Waals surface area contributed by atoms with Gasteiger partial charge in [0.05, 0.1) is 0 Å². The van der Waals surface area contributed by atoms with Crippen molar-refractivity contribution < 1.29 is 4.80 Å². The van der Waals surface area contributed by atoms with Crippen molar-refractivity contribution in [3.05, 3.63) is 0 Å². The van der Waals surface area contributed by atoms with E-state index in [4.69, 9.17) is 10.2 Å². The van der Waals surface area contributed by atoms with Gasteiger partial charge in [-0.3, -0.25) is 0 Å². The zero-order valence-electron chi connectivity index (χ0n) is 4.02. The lowest BCUT2D eigenvalue weighted by atomic mass is 10.6. The summed E-state index contributed by atoms with van der Waals surface area (Å²) in [5.41, 5.74) is 0. The van der Waals surface area contributed by atoms with E-state index in [0.717, 1.165) is 12.5 Å². The van der Waals surface area contributed by atoms with Gasteiger partial charge in [-0.2, -0.15) is 0 Å². The van der Waals surface area contributed by atoms with Crippen molar-refractivity contribution >= 4 is 9.20 Å². The third-order valence-electron chi connectivity index (χ3n) is 0.584. The Morgan fingerprint density at radius 1 is 1.83 bits per heavy atom. The Labute approximate surface area is 39.8 Å². The lowest BCUT2D eigenvalue weighted by molar-refractivity contribution is 0.568. The first-order chi connectivity index (χ1) is 2.77. The lowest BCUT2D eigenvalue weighted by Gasteiger charge is -1.92. The normalized spacial score (nSPS) is 14.5. The van der Waals surface area contributed by atoms with Gasteiger partial charge in [0.25, 0.3) is 0 Å². The molecular weight excluding hydrogens is 94.1 g/mol. The molecule has 0 bridgehead atoms. The summed E-state index contributed by atoms with van der Waals surface area (Å²) in [6.45, 7) is 2.02. The average Bonchev–Trinajstić information content (AvgIpc) is 1.35. The van der Waals surface area contributed by atoms with E-state index in [9.17, 15) is 0 Å². The second-order valence-electron chi connectivity index (χ2n) is 1.36. The number of hydrogen-bond acceptors (Lipinski definition) is 2. The van der Waals surface area contributed by atoms with Gasteiger partial charge in [0.1, 0.15) is 0 Å². The monoisotopic (exact) mass is 105 g/mol. The molecule has 0 saturated heterocycles. The van der Waals surface area contributed by atoms with Crippen molar-refractivity contribution in [3.8, 4) is 0 Å². The molecule has 0 radical (unpaired) electrons. The van der Waals surface area contributed by atoms with Gasteiger partial charge in [-0.05, 0) is 6.04 Å². The van der Waals surface area contributed by atoms with Gasteiger partial charge >= 0.3 is 0 Å². The lowest BCUT2D eigenvalue weighted by Crippen LogP contribution is -2.23. The predicted octanol–water partition coefficient (Wildman–Crippen LogP) is -0.432. The highest BCUT2D eigenvalue weighted by Gasteiger charge is 1.92. The minimum Gasteiger partial charge on any atom is -0.422 e. The Bertz CT molecular complexity index is 32.0. The van der Waals surface area contributed by atoms with Crippen LogP contribution in [0.4, 0.5) is 0 Å². The van der Waals surface area contributed by atoms with Gasteiger partial charge in [0.15, 0.2) is 0 Å². The summed E-state index contributed by atoms with van der Waals surface area (Å²) in [7, 11) is -1.67. The fraction of sp³-hybridized carbons (Fsp3) is 1.00. The van der Waals surface area contributed by atoms with Gasteiger partial charge < -0.3 is 10.2 Å². The molecule has 0 aromatic heterocycles. The van der Waals surface area contributed by atoms with Crippen molar-refractivity contribution in [2.24, 2.45) is 5.40 Å². The van der Waals surface area contributed by atoms with E-state index in [1.54, 1.807) is 0 Å². The van der Waals surface area contributed by atoms with Gasteiger partial charge in [-0.1, -0.05) is 13.3 Å². The molecule has 0 aliphatic heterocycles. The molecule has 0 spiro atoms. The summed E-state index contributed by atoms with van der Waals surface area (Å²) >= 11 is 0. The van der Waals surface area contributed by atoms with E-state index in [2.05, 4.69) is 0 Å². The van der Waals surface area contributed by atoms with E-state index >= 15 is 0 Å². The van der Waals surface area contributed by atoms with Crippen LogP contribution in [0.2, 0.25) is 6.04 Å². The molecule has 0 fully saturated rings. The van der Waals surface area contributed by atoms with E-state index in [1.165, 1.54) is 0 Å². The molecule has 0 heterocycles. The molecule has 0 aromatic rings. The van der Waals surface area contributed by atoms with Crippen LogP contribution >= 0.6 is 0 Å². The van der Waals surface area contributed by atoms with Crippen LogP contribution < -0.4 is 5.40 Å². The summed E-state index contributed by atoms with van der Waals surface area (Å²) in [5, 5.41) is 5.10. The smallest absolute Gasteiger partial charge is 0.246 e. The second kappa shape index (κ2) is 3.33. The Hall–Kier alpha value is 0.137. The fourth-order valence-electron chi connectivity index (χ4n) is 0.296. The zero-order chi connectivity index (χ0) is 4.99. The molecule has 0 aliphatic rings. The van der Waals surface area contributed by atoms with Crippen LogP contribution in [0.15, 0.2) is 0 Å². The minimum absolute atomic E-state index is 0.847. The molecule has 0 aromatic carbocycles. The van der Waals surface area contributed by atoms with Gasteiger partial charge in [0.2, 0.25) is 9.20 Å². The van der Waals surface area contributed by atoms with Crippen LogP contribution in [0, 0.1) is 0 Å². The predicted molar refractivity (Wildman–Crippen MR) is 28.7 cm³/mol. The molecule has 6 heavy (non-hydrogen) atoms. The van der Waals surface area contributed by atoms with Crippen molar-refractivity contribution in [2.75, 3.05) is 0 Å². The zero-order valence-corrected chi connectivity index (χ0v) is 5.17. The van der Waals surface area contributed by atoms with Crippen LogP contribution in [0.5, 0.6) is 0 Å². The largest absolute Gasteiger partial charge is 0.422 e. The van der Waals surface area contributed by atoms with Gasteiger partial charge in [-0.25, -0.2) is 0 Å². The van der Waals surface area contributed by atoms with Crippen LogP contribution in [-0.4, -0.2) is 14.0 Å². The first kappa shape index (κ1) is 6.14. The summed E-state index contributed by atoms with van der Waals surface area (Å²) in [5.74, 6) is 0. The molecule has 0 amide bonds. The van der Waals surface area contributed by atoms with Crippen LogP contribution in [0.3, 0.4) is 0 Å². The number of hydrogen-bond donors (Lipinski definition) is 2. The van der Waals surface area contributed by atoms with E-state index < -0.39 is 9.20 Å². The Morgan fingerprint density at radius 2 is 2.33 bits per heavy atom. The molecule has 3 N–H and O–H groups in total. The Balaban J connectivity index is 2.63. The summed E-state index contributed by atoms with van der Waals surface area (Å²) in [6, 6.07) is 0.847. The molecule has 1 unspecified atom stereocenters. The molecular formula is C3H11NOSi. The van der Waals surface area contributed by atoms with Crippen LogP contribution in [0.1, 0.15) is 13.3 Å². The molecule has 0 saturated carbocycles. The minimum atomic E-state index is -1.67. The van der Waals surface area contributed by atoms with Crippen molar-refractivity contribution in [1.82, 2.24) is 0 Å². The van der Waals surface area contributed by atoms with Crippen LogP contribution in [-0.2, 0) is 0 Å². The van der Waals surface area contributed by atoms with E-state index in [1.807, 2.05) is 6.92 Å². The first-order valence-electron chi connectivity index (χ1n) is 2.21. The van der Waals surface area contributed by atoms with Gasteiger partial charge in [0, 0.05) is 0 Å². The molecule has 0 rings (SSSR count). The summed E-state index contributed by atoms with van der Waals surface area (Å²) < 4.78 is 0. The standard InChI is InChI=1S/C3H11NOSi/c1-2-3-6(4)5/h5-6H,2-4H2,1H3. The third-order valence-corrected chi connectivity index (χ3v) is 1.75. The van der Waals surface area contributed by atoms with Crippen molar-refractivity contribution in [2.45, 2.75) is 19.4 Å². The fourth-order valence-corrected chi connectivity index (χ4v) is 0.887. The maximum atomic E-state index is 8.47. The van der Waals surface area contributed by atoms with Crippen molar-refractivity contribution in [1.29, 1.82) is 0 Å². The van der Waals surface area contributed by atoms with Gasteiger partial charge in [-0.15, -0.1) is 0 Å². The highest BCUT2D eigenvalue weighted by molar-refractivity contribution is 6.46. The molecule has 38 valence electrons. The van der Waals surface area contributed by atoms with E-state index in [-0.39, 0.29) is 0 Å². The summed E-state index contributed by atoms with van der Waals surface area (Å²) in [4.78, 5) is 8.47. The molecule has 0 aliphatic carbocycles.